The number of aryl methyl sites for hydroxylation is 1. The number of thioether (sulfide) groups is 1. The molecule has 0 aliphatic heterocycles. The standard InChI is InChI=1S/C16H24N4S/c1-5-11-17-15(14-9-7-6-8-10-14)12(2)21-16-19-18-13(3)20(16)4/h6-10,12,15,17H,5,11H2,1-4H3. The van der Waals surface area contributed by atoms with E-state index in [2.05, 4.69) is 59.7 Å². The molecule has 1 heterocycles. The predicted molar refractivity (Wildman–Crippen MR) is 88.5 cm³/mol. The minimum Gasteiger partial charge on any atom is -0.309 e. The van der Waals surface area contributed by atoms with Gasteiger partial charge in [-0.25, -0.2) is 0 Å². The van der Waals surface area contributed by atoms with Gasteiger partial charge in [0.2, 0.25) is 0 Å². The smallest absolute Gasteiger partial charge is 0.191 e. The van der Waals surface area contributed by atoms with E-state index >= 15 is 0 Å². The van der Waals surface area contributed by atoms with Crippen LogP contribution in [0, 0.1) is 6.92 Å². The van der Waals surface area contributed by atoms with Crippen molar-refractivity contribution in [3.8, 4) is 0 Å². The van der Waals surface area contributed by atoms with Crippen LogP contribution < -0.4 is 5.32 Å². The van der Waals surface area contributed by atoms with E-state index in [1.54, 1.807) is 11.8 Å². The maximum Gasteiger partial charge on any atom is 0.191 e. The van der Waals surface area contributed by atoms with Gasteiger partial charge in [-0.1, -0.05) is 55.9 Å². The van der Waals surface area contributed by atoms with Crippen LogP contribution in [0.5, 0.6) is 0 Å². The molecule has 0 aliphatic carbocycles. The van der Waals surface area contributed by atoms with Gasteiger partial charge in [0.05, 0.1) is 0 Å². The van der Waals surface area contributed by atoms with Crippen LogP contribution in [-0.2, 0) is 7.05 Å². The topological polar surface area (TPSA) is 42.7 Å². The average molecular weight is 304 g/mol. The molecule has 4 nitrogen and oxygen atoms in total. The van der Waals surface area contributed by atoms with E-state index in [0.717, 1.165) is 23.9 Å². The lowest BCUT2D eigenvalue weighted by Gasteiger charge is -2.25. The molecule has 1 N–H and O–H groups in total. The summed E-state index contributed by atoms with van der Waals surface area (Å²) in [5.74, 6) is 0.947. The maximum absolute atomic E-state index is 4.26. The number of benzene rings is 1. The first-order chi connectivity index (χ1) is 10.1. The zero-order valence-electron chi connectivity index (χ0n) is 13.2. The van der Waals surface area contributed by atoms with E-state index in [0.29, 0.717) is 11.3 Å². The number of hydrogen-bond acceptors (Lipinski definition) is 4. The van der Waals surface area contributed by atoms with Crippen LogP contribution in [0.4, 0.5) is 0 Å². The van der Waals surface area contributed by atoms with Crippen molar-refractivity contribution in [3.05, 3.63) is 41.7 Å². The maximum atomic E-state index is 4.26. The van der Waals surface area contributed by atoms with Crippen molar-refractivity contribution in [2.45, 2.75) is 43.6 Å². The second-order valence-corrected chi connectivity index (χ2v) is 6.60. The summed E-state index contributed by atoms with van der Waals surface area (Å²) >= 11 is 1.77. The molecule has 0 aliphatic rings. The highest BCUT2D eigenvalue weighted by Crippen LogP contribution is 2.31. The van der Waals surface area contributed by atoms with Crippen LogP contribution in [-0.4, -0.2) is 26.6 Å². The molecule has 0 amide bonds. The van der Waals surface area contributed by atoms with Gasteiger partial charge >= 0.3 is 0 Å². The molecule has 0 radical (unpaired) electrons. The Hall–Kier alpha value is -1.33. The molecule has 2 aromatic rings. The summed E-state index contributed by atoms with van der Waals surface area (Å²) in [5, 5.41) is 13.4. The highest BCUT2D eigenvalue weighted by molar-refractivity contribution is 7.99. The van der Waals surface area contributed by atoms with E-state index < -0.39 is 0 Å². The Morgan fingerprint density at radius 3 is 2.52 bits per heavy atom. The number of nitrogens with zero attached hydrogens (tertiary/aromatic N) is 3. The summed E-state index contributed by atoms with van der Waals surface area (Å²) in [7, 11) is 2.02. The van der Waals surface area contributed by atoms with Gasteiger partial charge in [0.25, 0.3) is 0 Å². The van der Waals surface area contributed by atoms with Crippen molar-refractivity contribution >= 4 is 11.8 Å². The van der Waals surface area contributed by atoms with Crippen LogP contribution in [0.15, 0.2) is 35.5 Å². The Labute approximate surface area is 131 Å². The van der Waals surface area contributed by atoms with E-state index in [-0.39, 0.29) is 0 Å². The van der Waals surface area contributed by atoms with Gasteiger partial charge in [0.15, 0.2) is 5.16 Å². The van der Waals surface area contributed by atoms with Crippen molar-refractivity contribution in [1.29, 1.82) is 0 Å². The Morgan fingerprint density at radius 1 is 1.24 bits per heavy atom. The molecular formula is C16H24N4S. The molecule has 2 atom stereocenters. The molecule has 5 heteroatoms. The Bertz CT molecular complexity index is 553. The Balaban J connectivity index is 2.14. The number of aromatic nitrogens is 3. The zero-order chi connectivity index (χ0) is 15.2. The lowest BCUT2D eigenvalue weighted by Crippen LogP contribution is -2.29. The highest BCUT2D eigenvalue weighted by Gasteiger charge is 2.21. The third-order valence-corrected chi connectivity index (χ3v) is 4.80. The second kappa shape index (κ2) is 7.61. The molecule has 1 aromatic heterocycles. The van der Waals surface area contributed by atoms with Gasteiger partial charge < -0.3 is 9.88 Å². The number of rotatable bonds is 7. The molecule has 0 saturated carbocycles. The minimum absolute atomic E-state index is 0.313. The summed E-state index contributed by atoms with van der Waals surface area (Å²) in [6.07, 6.45) is 1.13. The molecule has 2 rings (SSSR count). The summed E-state index contributed by atoms with van der Waals surface area (Å²) in [4.78, 5) is 0. The highest BCUT2D eigenvalue weighted by atomic mass is 32.2. The third-order valence-electron chi connectivity index (χ3n) is 3.59. The van der Waals surface area contributed by atoms with Crippen LogP contribution >= 0.6 is 11.8 Å². The first-order valence-electron chi connectivity index (χ1n) is 7.44. The summed E-state index contributed by atoms with van der Waals surface area (Å²) in [6, 6.07) is 10.9. The fraction of sp³-hybridized carbons (Fsp3) is 0.500. The van der Waals surface area contributed by atoms with Crippen molar-refractivity contribution in [2.75, 3.05) is 6.54 Å². The molecule has 0 bridgehead atoms. The molecule has 1 aromatic carbocycles. The quantitative estimate of drug-likeness (QED) is 0.797. The molecule has 0 spiro atoms. The summed E-state index contributed by atoms with van der Waals surface area (Å²) in [5.41, 5.74) is 1.32. The van der Waals surface area contributed by atoms with Gasteiger partial charge in [-0.15, -0.1) is 10.2 Å². The van der Waals surface area contributed by atoms with Crippen LogP contribution in [0.25, 0.3) is 0 Å². The lowest BCUT2D eigenvalue weighted by molar-refractivity contribution is 0.526. The number of nitrogens with one attached hydrogen (secondary N) is 1. The molecule has 21 heavy (non-hydrogen) atoms. The monoisotopic (exact) mass is 304 g/mol. The third kappa shape index (κ3) is 4.08. The molecular weight excluding hydrogens is 280 g/mol. The van der Waals surface area contributed by atoms with E-state index in [9.17, 15) is 0 Å². The van der Waals surface area contributed by atoms with Crippen molar-refractivity contribution < 1.29 is 0 Å². The second-order valence-electron chi connectivity index (χ2n) is 5.25. The number of hydrogen-bond donors (Lipinski definition) is 1. The fourth-order valence-electron chi connectivity index (χ4n) is 2.24. The van der Waals surface area contributed by atoms with Crippen molar-refractivity contribution in [1.82, 2.24) is 20.1 Å². The van der Waals surface area contributed by atoms with Gasteiger partial charge in [-0.3, -0.25) is 0 Å². The first kappa shape index (κ1) is 16.0. The van der Waals surface area contributed by atoms with Gasteiger partial charge in [0.1, 0.15) is 5.82 Å². The largest absolute Gasteiger partial charge is 0.309 e. The molecule has 114 valence electrons. The van der Waals surface area contributed by atoms with Crippen LogP contribution in [0.2, 0.25) is 0 Å². The average Bonchev–Trinajstić information content (AvgIpc) is 2.81. The first-order valence-corrected chi connectivity index (χ1v) is 8.32. The Kier molecular flexibility index (Phi) is 5.82. The summed E-state index contributed by atoms with van der Waals surface area (Å²) in [6.45, 7) is 7.43. The molecule has 2 unspecified atom stereocenters. The predicted octanol–water partition coefficient (Wildman–Crippen LogP) is 3.35. The lowest BCUT2D eigenvalue weighted by atomic mass is 10.0. The van der Waals surface area contributed by atoms with Crippen LogP contribution in [0.1, 0.15) is 37.7 Å². The van der Waals surface area contributed by atoms with E-state index in [1.807, 2.05) is 18.5 Å². The van der Waals surface area contributed by atoms with Gasteiger partial charge in [0, 0.05) is 18.3 Å². The normalized spacial score (nSPS) is 14.1. The fourth-order valence-corrected chi connectivity index (χ4v) is 3.34. The minimum atomic E-state index is 0.313. The van der Waals surface area contributed by atoms with Crippen molar-refractivity contribution in [3.63, 3.8) is 0 Å². The van der Waals surface area contributed by atoms with Crippen LogP contribution in [0.3, 0.4) is 0 Å². The van der Waals surface area contributed by atoms with E-state index in [1.165, 1.54) is 5.56 Å². The van der Waals surface area contributed by atoms with Gasteiger partial charge in [-0.05, 0) is 25.5 Å². The molecule has 0 fully saturated rings. The zero-order valence-corrected chi connectivity index (χ0v) is 14.0. The van der Waals surface area contributed by atoms with Gasteiger partial charge in [-0.2, -0.15) is 0 Å². The summed E-state index contributed by atoms with van der Waals surface area (Å²) < 4.78 is 2.04. The van der Waals surface area contributed by atoms with Crippen molar-refractivity contribution in [2.24, 2.45) is 7.05 Å². The molecule has 0 saturated heterocycles. The van der Waals surface area contributed by atoms with E-state index in [4.69, 9.17) is 0 Å². The SMILES string of the molecule is CCCNC(c1ccccc1)C(C)Sc1nnc(C)n1C. The Morgan fingerprint density at radius 2 is 1.95 bits per heavy atom.